The Morgan fingerprint density at radius 2 is 1.92 bits per heavy atom. The summed E-state index contributed by atoms with van der Waals surface area (Å²) in [4.78, 5) is 0. The van der Waals surface area contributed by atoms with E-state index in [1.54, 1.807) is 0 Å². The Balaban J connectivity index is 2.13. The van der Waals surface area contributed by atoms with Crippen molar-refractivity contribution in [2.24, 2.45) is 0 Å². The maximum Gasteiger partial charge on any atom is 0.123 e. The average Bonchev–Trinajstić information content (AvgIpc) is 2.53. The van der Waals surface area contributed by atoms with Crippen molar-refractivity contribution in [2.45, 2.75) is 31.8 Å². The summed E-state index contributed by atoms with van der Waals surface area (Å²) in [5, 5.41) is 3.47. The highest BCUT2D eigenvalue weighted by molar-refractivity contribution is 5.20. The van der Waals surface area contributed by atoms with Crippen molar-refractivity contribution in [3.63, 3.8) is 0 Å². The Kier molecular flexibility index (Phi) is 2.32. The molecule has 0 radical (unpaired) electrons. The van der Waals surface area contributed by atoms with E-state index in [9.17, 15) is 4.39 Å². The van der Waals surface area contributed by atoms with Gasteiger partial charge in [-0.25, -0.2) is 4.39 Å². The van der Waals surface area contributed by atoms with Gasteiger partial charge in [-0.05, 0) is 37.5 Å². The van der Waals surface area contributed by atoms with Crippen LogP contribution in [0.3, 0.4) is 0 Å². The molecule has 0 aromatic heterocycles. The lowest BCUT2D eigenvalue weighted by Crippen LogP contribution is -2.20. The Hall–Kier alpha value is -0.890. The first-order valence-corrected chi connectivity index (χ1v) is 4.77. The number of nitrogens with one attached hydrogen (secondary N) is 1. The molecule has 2 heteroatoms. The van der Waals surface area contributed by atoms with Gasteiger partial charge in [0.25, 0.3) is 0 Å². The largest absolute Gasteiger partial charge is 0.307 e. The van der Waals surface area contributed by atoms with Gasteiger partial charge >= 0.3 is 0 Å². The summed E-state index contributed by atoms with van der Waals surface area (Å²) in [6, 6.07) is 7.81. The van der Waals surface area contributed by atoms with E-state index in [-0.39, 0.29) is 5.82 Å². The normalized spacial score (nSPS) is 27.8. The van der Waals surface area contributed by atoms with Gasteiger partial charge < -0.3 is 5.32 Å². The molecule has 1 aliphatic heterocycles. The van der Waals surface area contributed by atoms with Crippen molar-refractivity contribution in [2.75, 3.05) is 0 Å². The molecular weight excluding hydrogens is 165 g/mol. The molecule has 0 spiro atoms. The fourth-order valence-corrected chi connectivity index (χ4v) is 1.88. The first-order valence-electron chi connectivity index (χ1n) is 4.77. The van der Waals surface area contributed by atoms with E-state index in [0.717, 1.165) is 6.42 Å². The summed E-state index contributed by atoms with van der Waals surface area (Å²) in [6.45, 7) is 2.18. The van der Waals surface area contributed by atoms with E-state index in [1.807, 2.05) is 12.1 Å². The maximum absolute atomic E-state index is 12.6. The molecule has 2 atom stereocenters. The SMILES string of the molecule is C[C@@H]1CCC(c2ccc(F)cc2)N1. The Morgan fingerprint density at radius 3 is 2.46 bits per heavy atom. The maximum atomic E-state index is 12.6. The van der Waals surface area contributed by atoms with Crippen molar-refractivity contribution in [3.05, 3.63) is 35.6 Å². The van der Waals surface area contributed by atoms with Crippen LogP contribution >= 0.6 is 0 Å². The summed E-state index contributed by atoms with van der Waals surface area (Å²) < 4.78 is 12.6. The van der Waals surface area contributed by atoms with Gasteiger partial charge in [0.1, 0.15) is 5.82 Å². The molecule has 0 saturated carbocycles. The molecule has 1 unspecified atom stereocenters. The van der Waals surface area contributed by atoms with Gasteiger partial charge in [0.05, 0.1) is 0 Å². The second-order valence-corrected chi connectivity index (χ2v) is 3.75. The molecule has 1 aliphatic rings. The fraction of sp³-hybridized carbons (Fsp3) is 0.455. The zero-order chi connectivity index (χ0) is 9.26. The summed E-state index contributed by atoms with van der Waals surface area (Å²) in [5.74, 6) is -0.158. The summed E-state index contributed by atoms with van der Waals surface area (Å²) >= 11 is 0. The van der Waals surface area contributed by atoms with E-state index in [1.165, 1.54) is 24.1 Å². The van der Waals surface area contributed by atoms with E-state index in [2.05, 4.69) is 12.2 Å². The minimum Gasteiger partial charge on any atom is -0.307 e. The Labute approximate surface area is 78.0 Å². The van der Waals surface area contributed by atoms with E-state index in [0.29, 0.717) is 12.1 Å². The summed E-state index contributed by atoms with van der Waals surface area (Å²) in [6.07, 6.45) is 2.37. The molecule has 1 fully saturated rings. The Morgan fingerprint density at radius 1 is 1.23 bits per heavy atom. The number of halogens is 1. The van der Waals surface area contributed by atoms with E-state index in [4.69, 9.17) is 0 Å². The molecule has 1 heterocycles. The van der Waals surface area contributed by atoms with Crippen LogP contribution < -0.4 is 5.32 Å². The van der Waals surface area contributed by atoms with Crippen LogP contribution in [0.2, 0.25) is 0 Å². The third kappa shape index (κ3) is 1.89. The number of hydrogen-bond acceptors (Lipinski definition) is 1. The molecular formula is C11H14FN. The highest BCUT2D eigenvalue weighted by Gasteiger charge is 2.21. The van der Waals surface area contributed by atoms with Crippen molar-refractivity contribution in [3.8, 4) is 0 Å². The van der Waals surface area contributed by atoms with Crippen LogP contribution in [0.5, 0.6) is 0 Å². The topological polar surface area (TPSA) is 12.0 Å². The second-order valence-electron chi connectivity index (χ2n) is 3.75. The monoisotopic (exact) mass is 179 g/mol. The lowest BCUT2D eigenvalue weighted by Gasteiger charge is -2.11. The van der Waals surface area contributed by atoms with Crippen LogP contribution in [0.25, 0.3) is 0 Å². The fourth-order valence-electron chi connectivity index (χ4n) is 1.88. The van der Waals surface area contributed by atoms with Crippen LogP contribution in [-0.4, -0.2) is 6.04 Å². The van der Waals surface area contributed by atoms with Gasteiger partial charge in [0.15, 0.2) is 0 Å². The first-order chi connectivity index (χ1) is 6.25. The molecule has 1 nitrogen and oxygen atoms in total. The zero-order valence-electron chi connectivity index (χ0n) is 7.76. The lowest BCUT2D eigenvalue weighted by molar-refractivity contribution is 0.581. The average molecular weight is 179 g/mol. The zero-order valence-corrected chi connectivity index (χ0v) is 7.76. The molecule has 1 saturated heterocycles. The first kappa shape index (κ1) is 8.70. The number of rotatable bonds is 1. The van der Waals surface area contributed by atoms with Crippen LogP contribution in [0.4, 0.5) is 4.39 Å². The molecule has 1 aromatic rings. The minimum atomic E-state index is -0.158. The molecule has 2 rings (SSSR count). The molecule has 0 aliphatic carbocycles. The number of benzene rings is 1. The molecule has 0 bridgehead atoms. The highest BCUT2D eigenvalue weighted by atomic mass is 19.1. The van der Waals surface area contributed by atoms with Crippen LogP contribution in [0.15, 0.2) is 24.3 Å². The molecule has 1 N–H and O–H groups in total. The molecule has 0 amide bonds. The van der Waals surface area contributed by atoms with Crippen molar-refractivity contribution in [1.82, 2.24) is 5.32 Å². The van der Waals surface area contributed by atoms with Gasteiger partial charge in [-0.15, -0.1) is 0 Å². The van der Waals surface area contributed by atoms with Crippen LogP contribution in [0, 0.1) is 5.82 Å². The van der Waals surface area contributed by atoms with E-state index < -0.39 is 0 Å². The predicted molar refractivity (Wildman–Crippen MR) is 51.0 cm³/mol. The predicted octanol–water partition coefficient (Wildman–Crippen LogP) is 2.64. The standard InChI is InChI=1S/C11H14FN/c1-8-2-7-11(13-8)9-3-5-10(12)6-4-9/h3-6,8,11,13H,2,7H2,1H3/t8-,11?/m1/s1. The van der Waals surface area contributed by atoms with Crippen LogP contribution in [0.1, 0.15) is 31.4 Å². The van der Waals surface area contributed by atoms with Crippen molar-refractivity contribution in [1.29, 1.82) is 0 Å². The smallest absolute Gasteiger partial charge is 0.123 e. The van der Waals surface area contributed by atoms with Gasteiger partial charge in [-0.3, -0.25) is 0 Å². The second kappa shape index (κ2) is 3.46. The van der Waals surface area contributed by atoms with Gasteiger partial charge in [0.2, 0.25) is 0 Å². The third-order valence-corrected chi connectivity index (χ3v) is 2.65. The van der Waals surface area contributed by atoms with E-state index >= 15 is 0 Å². The van der Waals surface area contributed by atoms with Gasteiger partial charge in [-0.1, -0.05) is 12.1 Å². The number of hydrogen-bond donors (Lipinski definition) is 1. The summed E-state index contributed by atoms with van der Waals surface area (Å²) in [5.41, 5.74) is 1.20. The van der Waals surface area contributed by atoms with Gasteiger partial charge in [-0.2, -0.15) is 0 Å². The molecule has 1 aromatic carbocycles. The highest BCUT2D eigenvalue weighted by Crippen LogP contribution is 2.25. The van der Waals surface area contributed by atoms with Gasteiger partial charge in [0, 0.05) is 12.1 Å². The Bertz CT molecular complexity index is 281. The molecule has 70 valence electrons. The lowest BCUT2D eigenvalue weighted by atomic mass is 10.1. The third-order valence-electron chi connectivity index (χ3n) is 2.65. The quantitative estimate of drug-likeness (QED) is 0.698. The minimum absolute atomic E-state index is 0.158. The van der Waals surface area contributed by atoms with Crippen LogP contribution in [-0.2, 0) is 0 Å². The van der Waals surface area contributed by atoms with Crippen molar-refractivity contribution < 1.29 is 4.39 Å². The molecule has 13 heavy (non-hydrogen) atoms. The summed E-state index contributed by atoms with van der Waals surface area (Å²) in [7, 11) is 0. The van der Waals surface area contributed by atoms with Crippen molar-refractivity contribution >= 4 is 0 Å².